The Morgan fingerprint density at radius 1 is 1.20 bits per heavy atom. The molecule has 0 unspecified atom stereocenters. The van der Waals surface area contributed by atoms with Crippen LogP contribution in [0, 0.1) is 10.1 Å². The summed E-state index contributed by atoms with van der Waals surface area (Å²) >= 11 is 0. The number of hydrogen-bond donors (Lipinski definition) is 1. The highest BCUT2D eigenvalue weighted by atomic mass is 32.2. The second-order valence-electron chi connectivity index (χ2n) is 4.99. The number of rotatable bonds is 7. The molecule has 0 aliphatic rings. The summed E-state index contributed by atoms with van der Waals surface area (Å²) in [4.78, 5) is 22.4. The molecular formula is C16H16N2O6S. The molecule has 0 atom stereocenters. The number of hydrogen-bond acceptors (Lipinski definition) is 6. The molecule has 0 fully saturated rings. The monoisotopic (exact) mass is 364 g/mol. The molecule has 25 heavy (non-hydrogen) atoms. The third-order valence-electron chi connectivity index (χ3n) is 3.26. The van der Waals surface area contributed by atoms with Gasteiger partial charge in [-0.1, -0.05) is 25.1 Å². The first-order valence-corrected chi connectivity index (χ1v) is 8.82. The Morgan fingerprint density at radius 3 is 2.60 bits per heavy atom. The van der Waals surface area contributed by atoms with Crippen molar-refractivity contribution in [2.75, 3.05) is 6.54 Å². The normalized spacial score (nSPS) is 11.1. The van der Waals surface area contributed by atoms with Crippen molar-refractivity contribution in [2.45, 2.75) is 18.4 Å². The average molecular weight is 364 g/mol. The average Bonchev–Trinajstić information content (AvgIpc) is 2.60. The van der Waals surface area contributed by atoms with Crippen LogP contribution < -0.4 is 4.72 Å². The van der Waals surface area contributed by atoms with Gasteiger partial charge in [0.05, 0.1) is 20.9 Å². The van der Waals surface area contributed by atoms with Crippen LogP contribution in [-0.4, -0.2) is 25.9 Å². The van der Waals surface area contributed by atoms with Crippen molar-refractivity contribution in [3.8, 4) is 0 Å². The predicted octanol–water partition coefficient (Wildman–Crippen LogP) is 2.25. The van der Waals surface area contributed by atoms with E-state index in [1.54, 1.807) is 13.0 Å². The second-order valence-corrected chi connectivity index (χ2v) is 6.76. The van der Waals surface area contributed by atoms with E-state index >= 15 is 0 Å². The third kappa shape index (κ3) is 4.61. The first kappa shape index (κ1) is 18.6. The molecule has 0 heterocycles. The van der Waals surface area contributed by atoms with Crippen molar-refractivity contribution in [1.82, 2.24) is 4.72 Å². The molecule has 1 N–H and O–H groups in total. The number of carbonyl (C=O) groups is 1. The Labute approximate surface area is 144 Å². The molecule has 0 amide bonds. The fourth-order valence-corrected chi connectivity index (χ4v) is 3.19. The first-order chi connectivity index (χ1) is 11.8. The van der Waals surface area contributed by atoms with Crippen molar-refractivity contribution in [2.24, 2.45) is 0 Å². The van der Waals surface area contributed by atoms with Crippen LogP contribution >= 0.6 is 0 Å². The van der Waals surface area contributed by atoms with E-state index in [0.717, 1.165) is 0 Å². The molecule has 2 rings (SSSR count). The molecular weight excluding hydrogens is 348 g/mol. The lowest BCUT2D eigenvalue weighted by molar-refractivity contribution is -0.385. The maximum Gasteiger partial charge on any atom is 0.338 e. The molecule has 0 aliphatic heterocycles. The summed E-state index contributed by atoms with van der Waals surface area (Å²) in [5.41, 5.74) is 0.133. The van der Waals surface area contributed by atoms with Crippen molar-refractivity contribution in [3.05, 3.63) is 69.8 Å². The number of sulfonamides is 1. The van der Waals surface area contributed by atoms with Crippen LogP contribution in [0.25, 0.3) is 0 Å². The number of ether oxygens (including phenoxy) is 1. The lowest BCUT2D eigenvalue weighted by Crippen LogP contribution is -2.23. The van der Waals surface area contributed by atoms with Gasteiger partial charge in [0.2, 0.25) is 10.0 Å². The summed E-state index contributed by atoms with van der Waals surface area (Å²) in [6.07, 6.45) is 0. The first-order valence-electron chi connectivity index (χ1n) is 7.34. The van der Waals surface area contributed by atoms with Gasteiger partial charge >= 0.3 is 5.97 Å². The number of para-hydroxylation sites is 1. The maximum absolute atomic E-state index is 12.1. The van der Waals surface area contributed by atoms with E-state index < -0.39 is 20.9 Å². The van der Waals surface area contributed by atoms with Gasteiger partial charge in [-0.25, -0.2) is 17.9 Å². The topological polar surface area (TPSA) is 116 Å². The predicted molar refractivity (Wildman–Crippen MR) is 89.5 cm³/mol. The van der Waals surface area contributed by atoms with Gasteiger partial charge in [-0.2, -0.15) is 0 Å². The highest BCUT2D eigenvalue weighted by Gasteiger charge is 2.18. The summed E-state index contributed by atoms with van der Waals surface area (Å²) in [5.74, 6) is -0.772. The zero-order valence-electron chi connectivity index (χ0n) is 13.3. The molecule has 0 radical (unpaired) electrons. The Morgan fingerprint density at radius 2 is 1.92 bits per heavy atom. The van der Waals surface area contributed by atoms with E-state index in [4.69, 9.17) is 4.74 Å². The standard InChI is InChI=1S/C16H16N2O6S/c1-2-17-25(22,23)14-8-5-7-12(10-14)16(19)24-11-13-6-3-4-9-15(13)18(20)21/h3-10,17H,2,11H2,1H3. The Hall–Kier alpha value is -2.78. The van der Waals surface area contributed by atoms with Gasteiger partial charge in [0.15, 0.2) is 0 Å². The van der Waals surface area contributed by atoms with Crippen LogP contribution in [0.15, 0.2) is 53.4 Å². The highest BCUT2D eigenvalue weighted by molar-refractivity contribution is 7.89. The van der Waals surface area contributed by atoms with Crippen molar-refractivity contribution < 1.29 is 22.9 Å². The Bertz CT molecular complexity index is 895. The molecule has 0 saturated heterocycles. The van der Waals surface area contributed by atoms with Crippen LogP contribution in [0.1, 0.15) is 22.8 Å². The molecule has 8 nitrogen and oxygen atoms in total. The van der Waals surface area contributed by atoms with Crippen LogP contribution in [0.3, 0.4) is 0 Å². The van der Waals surface area contributed by atoms with Gasteiger partial charge in [-0.05, 0) is 24.3 Å². The van der Waals surface area contributed by atoms with Gasteiger partial charge in [-0.15, -0.1) is 0 Å². The smallest absolute Gasteiger partial charge is 0.338 e. The van der Waals surface area contributed by atoms with E-state index in [1.165, 1.54) is 42.5 Å². The molecule has 0 bridgehead atoms. The van der Waals surface area contributed by atoms with Crippen molar-refractivity contribution in [1.29, 1.82) is 0 Å². The van der Waals surface area contributed by atoms with Gasteiger partial charge in [-0.3, -0.25) is 10.1 Å². The highest BCUT2D eigenvalue weighted by Crippen LogP contribution is 2.19. The number of nitrogens with zero attached hydrogens (tertiary/aromatic N) is 1. The zero-order chi connectivity index (χ0) is 18.4. The molecule has 0 aliphatic carbocycles. The van der Waals surface area contributed by atoms with Crippen molar-refractivity contribution >= 4 is 21.7 Å². The number of benzene rings is 2. The summed E-state index contributed by atoms with van der Waals surface area (Å²) in [6, 6.07) is 11.3. The van der Waals surface area contributed by atoms with E-state index in [9.17, 15) is 23.3 Å². The maximum atomic E-state index is 12.1. The molecule has 2 aromatic carbocycles. The summed E-state index contributed by atoms with van der Waals surface area (Å²) in [5, 5.41) is 10.9. The SMILES string of the molecule is CCNS(=O)(=O)c1cccc(C(=O)OCc2ccccc2[N+](=O)[O-])c1. The fourth-order valence-electron chi connectivity index (χ4n) is 2.10. The van der Waals surface area contributed by atoms with Crippen LogP contribution in [0.2, 0.25) is 0 Å². The number of esters is 1. The largest absolute Gasteiger partial charge is 0.457 e. The lowest BCUT2D eigenvalue weighted by atomic mass is 10.2. The lowest BCUT2D eigenvalue weighted by Gasteiger charge is -2.08. The van der Waals surface area contributed by atoms with Gasteiger partial charge < -0.3 is 4.74 Å². The summed E-state index contributed by atoms with van der Waals surface area (Å²) < 4.78 is 31.3. The minimum absolute atomic E-state index is 0.0394. The quantitative estimate of drug-likeness (QED) is 0.458. The van der Waals surface area contributed by atoms with Gasteiger partial charge in [0.25, 0.3) is 5.69 Å². The zero-order valence-corrected chi connectivity index (χ0v) is 14.2. The number of nitro benzene ring substituents is 1. The van der Waals surface area contributed by atoms with Crippen molar-refractivity contribution in [3.63, 3.8) is 0 Å². The van der Waals surface area contributed by atoms with Gasteiger partial charge in [0, 0.05) is 12.6 Å². The number of nitrogens with one attached hydrogen (secondary N) is 1. The molecule has 0 saturated carbocycles. The van der Waals surface area contributed by atoms with E-state index in [2.05, 4.69) is 4.72 Å². The van der Waals surface area contributed by atoms with Gasteiger partial charge in [0.1, 0.15) is 6.61 Å². The molecule has 0 spiro atoms. The molecule has 2 aromatic rings. The molecule has 132 valence electrons. The van der Waals surface area contributed by atoms with Crippen LogP contribution in [0.5, 0.6) is 0 Å². The second kappa shape index (κ2) is 7.86. The molecule has 9 heteroatoms. The number of carbonyl (C=O) groups excluding carboxylic acids is 1. The fraction of sp³-hybridized carbons (Fsp3) is 0.188. The Kier molecular flexibility index (Phi) is 5.84. The van der Waals surface area contributed by atoms with E-state index in [0.29, 0.717) is 0 Å². The van der Waals surface area contributed by atoms with Crippen LogP contribution in [0.4, 0.5) is 5.69 Å². The van der Waals surface area contributed by atoms with E-state index in [1.807, 2.05) is 0 Å². The number of nitro groups is 1. The molecule has 0 aromatic heterocycles. The Balaban J connectivity index is 2.16. The minimum Gasteiger partial charge on any atom is -0.457 e. The van der Waals surface area contributed by atoms with E-state index in [-0.39, 0.29) is 34.9 Å². The summed E-state index contributed by atoms with van der Waals surface area (Å²) in [7, 11) is -3.70. The summed E-state index contributed by atoms with van der Waals surface area (Å²) in [6.45, 7) is 1.57. The van der Waals surface area contributed by atoms with Crippen LogP contribution in [-0.2, 0) is 21.4 Å². The third-order valence-corrected chi connectivity index (χ3v) is 4.80. The minimum atomic E-state index is -3.70.